The molecule has 2 aromatic rings. The van der Waals surface area contributed by atoms with Crippen molar-refractivity contribution < 1.29 is 18.0 Å². The van der Waals surface area contributed by atoms with Gasteiger partial charge in [0, 0.05) is 11.4 Å². The number of hydrogen-bond acceptors (Lipinski definition) is 6. The summed E-state index contributed by atoms with van der Waals surface area (Å²) in [6.07, 6.45) is 3.56. The molecule has 1 saturated heterocycles. The summed E-state index contributed by atoms with van der Waals surface area (Å²) < 4.78 is 27.7. The van der Waals surface area contributed by atoms with Crippen molar-refractivity contribution in [3.63, 3.8) is 0 Å². The molecule has 11 heteroatoms. The number of thiophene rings is 2. The molecule has 0 aromatic carbocycles. The van der Waals surface area contributed by atoms with Crippen molar-refractivity contribution in [2.24, 2.45) is 11.7 Å². The summed E-state index contributed by atoms with van der Waals surface area (Å²) in [5.41, 5.74) is 6.91. The molecule has 3 heterocycles. The first-order chi connectivity index (χ1) is 14.2. The van der Waals surface area contributed by atoms with Crippen LogP contribution in [-0.2, 0) is 27.7 Å². The molecule has 0 radical (unpaired) electrons. The van der Waals surface area contributed by atoms with Crippen LogP contribution in [0, 0.1) is 5.92 Å². The second kappa shape index (κ2) is 8.23. The number of nitrogens with zero attached hydrogens (tertiary/aromatic N) is 1. The number of hydrogen-bond donors (Lipinski definition) is 2. The van der Waals surface area contributed by atoms with Crippen molar-refractivity contribution >= 4 is 61.1 Å². The van der Waals surface area contributed by atoms with Gasteiger partial charge in [-0.3, -0.25) is 9.59 Å². The third-order valence-corrected chi connectivity index (χ3v) is 10.4. The monoisotopic (exact) mass is 487 g/mol. The number of nitrogens with one attached hydrogen (secondary N) is 1. The fourth-order valence-electron chi connectivity index (χ4n) is 4.14. The summed E-state index contributed by atoms with van der Waals surface area (Å²) in [7, 11) is -3.82. The number of rotatable bonds is 5. The number of carbonyl (C=O) groups excluding carboxylic acids is 2. The Labute approximate surface area is 188 Å². The molecule has 30 heavy (non-hydrogen) atoms. The quantitative estimate of drug-likeness (QED) is 0.672. The van der Waals surface area contributed by atoms with Gasteiger partial charge in [0.25, 0.3) is 15.9 Å². The fraction of sp³-hybridized carbons (Fsp3) is 0.474. The molecule has 3 N–H and O–H groups in total. The zero-order valence-electron chi connectivity index (χ0n) is 16.3. The maximum absolute atomic E-state index is 13.1. The average molecular weight is 488 g/mol. The van der Waals surface area contributed by atoms with Gasteiger partial charge < -0.3 is 11.1 Å². The van der Waals surface area contributed by atoms with Gasteiger partial charge >= 0.3 is 0 Å². The predicted octanol–water partition coefficient (Wildman–Crippen LogP) is 3.48. The second-order valence-electron chi connectivity index (χ2n) is 7.74. The molecular formula is C19H22ClN3O4S3. The lowest BCUT2D eigenvalue weighted by atomic mass is 9.88. The second-order valence-corrected chi connectivity index (χ2v) is 12.7. The number of nitrogens with two attached hydrogens (primary N) is 1. The lowest BCUT2D eigenvalue weighted by Gasteiger charge is -2.22. The Bertz CT molecular complexity index is 1110. The summed E-state index contributed by atoms with van der Waals surface area (Å²) in [4.78, 5) is 26.3. The summed E-state index contributed by atoms with van der Waals surface area (Å²) in [5, 5.41) is 3.24. The van der Waals surface area contributed by atoms with Crippen LogP contribution in [-0.4, -0.2) is 37.1 Å². The SMILES string of the molecule is C[C@@H]1CCc2c(sc(NC(=O)[C@H]3CCCN3S(=O)(=O)c3ccc(Cl)s3)c2C(N)=O)C1. The van der Waals surface area contributed by atoms with E-state index in [1.807, 2.05) is 0 Å². The summed E-state index contributed by atoms with van der Waals surface area (Å²) >= 11 is 8.24. The molecule has 162 valence electrons. The molecule has 2 amide bonds. The Kier molecular flexibility index (Phi) is 5.97. The van der Waals surface area contributed by atoms with E-state index >= 15 is 0 Å². The molecule has 0 spiro atoms. The van der Waals surface area contributed by atoms with Crippen LogP contribution in [0.2, 0.25) is 4.34 Å². The first kappa shape index (κ1) is 21.8. The van der Waals surface area contributed by atoms with E-state index in [1.165, 1.54) is 27.8 Å². The van der Waals surface area contributed by atoms with Gasteiger partial charge in [-0.05, 0) is 55.7 Å². The number of amides is 2. The van der Waals surface area contributed by atoms with E-state index in [2.05, 4.69) is 12.2 Å². The fourth-order valence-corrected chi connectivity index (χ4v) is 8.82. The normalized spacial score (nSPS) is 22.1. The van der Waals surface area contributed by atoms with Gasteiger partial charge in [-0.25, -0.2) is 8.42 Å². The Balaban J connectivity index is 1.60. The molecule has 1 fully saturated rings. The Morgan fingerprint density at radius 3 is 2.70 bits per heavy atom. The molecule has 0 bridgehead atoms. The highest BCUT2D eigenvalue weighted by molar-refractivity contribution is 7.91. The first-order valence-electron chi connectivity index (χ1n) is 9.71. The van der Waals surface area contributed by atoms with Crippen molar-refractivity contribution in [2.45, 2.75) is 49.3 Å². The Morgan fingerprint density at radius 2 is 2.03 bits per heavy atom. The van der Waals surface area contributed by atoms with Crippen molar-refractivity contribution in [1.29, 1.82) is 0 Å². The smallest absolute Gasteiger partial charge is 0.253 e. The average Bonchev–Trinajstić information content (AvgIpc) is 3.38. The standard InChI is InChI=1S/C19H22ClN3O4S3/c1-10-4-5-11-13(9-10)28-19(16(11)17(21)24)22-18(25)12-3-2-8-23(12)30(26,27)15-7-6-14(20)29-15/h6-7,10,12H,2-5,8-9H2,1H3,(H2,21,24)(H,22,25)/t10-,12-/m1/s1. The third kappa shape index (κ3) is 3.91. The summed E-state index contributed by atoms with van der Waals surface area (Å²) in [5.74, 6) is -0.497. The van der Waals surface area contributed by atoms with Gasteiger partial charge in [0.2, 0.25) is 5.91 Å². The molecule has 7 nitrogen and oxygen atoms in total. The van der Waals surface area contributed by atoms with Crippen molar-refractivity contribution in [3.05, 3.63) is 32.5 Å². The maximum Gasteiger partial charge on any atom is 0.253 e. The minimum Gasteiger partial charge on any atom is -0.365 e. The zero-order chi connectivity index (χ0) is 21.6. The summed E-state index contributed by atoms with van der Waals surface area (Å²) in [6.45, 7) is 2.42. The summed E-state index contributed by atoms with van der Waals surface area (Å²) in [6, 6.07) is 2.14. The van der Waals surface area contributed by atoms with Gasteiger partial charge in [0.15, 0.2) is 0 Å². The van der Waals surface area contributed by atoms with Crippen molar-refractivity contribution in [3.8, 4) is 0 Å². The van der Waals surface area contributed by atoms with Crippen LogP contribution in [0.1, 0.15) is 47.0 Å². The minimum atomic E-state index is -3.82. The third-order valence-electron chi connectivity index (χ3n) is 5.61. The van der Waals surface area contributed by atoms with Gasteiger partial charge in [-0.2, -0.15) is 4.31 Å². The molecule has 1 aliphatic carbocycles. The van der Waals surface area contributed by atoms with Gasteiger partial charge in [-0.15, -0.1) is 22.7 Å². The number of carbonyl (C=O) groups is 2. The highest BCUT2D eigenvalue weighted by Gasteiger charge is 2.40. The van der Waals surface area contributed by atoms with Crippen LogP contribution in [0.3, 0.4) is 0 Å². The Hall–Kier alpha value is -1.46. The van der Waals surface area contributed by atoms with E-state index < -0.39 is 27.9 Å². The van der Waals surface area contributed by atoms with E-state index in [9.17, 15) is 18.0 Å². The lowest BCUT2D eigenvalue weighted by Crippen LogP contribution is -2.43. The van der Waals surface area contributed by atoms with Crippen LogP contribution in [0.15, 0.2) is 16.3 Å². The highest BCUT2D eigenvalue weighted by atomic mass is 35.5. The van der Waals surface area contributed by atoms with E-state index in [1.54, 1.807) is 0 Å². The van der Waals surface area contributed by atoms with Crippen LogP contribution in [0.25, 0.3) is 0 Å². The number of primary amides is 1. The number of halogens is 1. The Morgan fingerprint density at radius 1 is 1.27 bits per heavy atom. The van der Waals surface area contributed by atoms with Crippen LogP contribution in [0.4, 0.5) is 5.00 Å². The number of sulfonamides is 1. The zero-order valence-corrected chi connectivity index (χ0v) is 19.5. The van der Waals surface area contributed by atoms with Crippen molar-refractivity contribution in [2.75, 3.05) is 11.9 Å². The van der Waals surface area contributed by atoms with Crippen LogP contribution in [0.5, 0.6) is 0 Å². The first-order valence-corrected chi connectivity index (χ1v) is 13.2. The van der Waals surface area contributed by atoms with Crippen molar-refractivity contribution in [1.82, 2.24) is 4.31 Å². The molecule has 2 atom stereocenters. The molecule has 1 aliphatic heterocycles. The van der Waals surface area contributed by atoms with E-state index in [-0.39, 0.29) is 10.8 Å². The van der Waals surface area contributed by atoms with Gasteiger partial charge in [-0.1, -0.05) is 18.5 Å². The topological polar surface area (TPSA) is 110 Å². The van der Waals surface area contributed by atoms with E-state index in [0.29, 0.717) is 33.7 Å². The molecule has 0 unspecified atom stereocenters. The highest BCUT2D eigenvalue weighted by Crippen LogP contribution is 2.40. The van der Waals surface area contributed by atoms with Gasteiger partial charge in [0.1, 0.15) is 15.3 Å². The molecule has 2 aliphatic rings. The largest absolute Gasteiger partial charge is 0.365 e. The number of anilines is 1. The molecular weight excluding hydrogens is 466 g/mol. The molecule has 2 aromatic heterocycles. The predicted molar refractivity (Wildman–Crippen MR) is 119 cm³/mol. The minimum absolute atomic E-state index is 0.116. The molecule has 4 rings (SSSR count). The number of fused-ring (bicyclic) bond motifs is 1. The van der Waals surface area contributed by atoms with E-state index in [0.717, 1.165) is 41.0 Å². The van der Waals surface area contributed by atoms with Crippen LogP contribution >= 0.6 is 34.3 Å². The maximum atomic E-state index is 13.1. The lowest BCUT2D eigenvalue weighted by molar-refractivity contribution is -0.119. The molecule has 0 saturated carbocycles. The van der Waals surface area contributed by atoms with Crippen LogP contribution < -0.4 is 11.1 Å². The van der Waals surface area contributed by atoms with Gasteiger partial charge in [0.05, 0.1) is 9.90 Å². The van der Waals surface area contributed by atoms with E-state index in [4.69, 9.17) is 17.3 Å².